The minimum Gasteiger partial charge on any atom is -0.316 e. The van der Waals surface area contributed by atoms with Crippen molar-refractivity contribution in [1.82, 2.24) is 10.2 Å². The van der Waals surface area contributed by atoms with E-state index in [4.69, 9.17) is 0 Å². The number of nitrogens with one attached hydrogen (secondary N) is 1. The molecule has 0 bridgehead atoms. The van der Waals surface area contributed by atoms with Crippen molar-refractivity contribution in [3.8, 4) is 0 Å². The molecule has 0 spiro atoms. The van der Waals surface area contributed by atoms with E-state index in [2.05, 4.69) is 10.2 Å². The van der Waals surface area contributed by atoms with Gasteiger partial charge < -0.3 is 5.32 Å². The van der Waals surface area contributed by atoms with Crippen molar-refractivity contribution in [3.63, 3.8) is 0 Å². The SMILES string of the molecule is CNC1CCCN(C2CCc3cc(F)ccc32)C1. The van der Waals surface area contributed by atoms with Crippen molar-refractivity contribution in [3.05, 3.63) is 35.1 Å². The van der Waals surface area contributed by atoms with E-state index in [0.29, 0.717) is 12.1 Å². The van der Waals surface area contributed by atoms with Crippen LogP contribution in [-0.2, 0) is 6.42 Å². The summed E-state index contributed by atoms with van der Waals surface area (Å²) in [5, 5.41) is 3.39. The third kappa shape index (κ3) is 2.17. The number of hydrogen-bond acceptors (Lipinski definition) is 2. The third-order valence-electron chi connectivity index (χ3n) is 4.45. The summed E-state index contributed by atoms with van der Waals surface area (Å²) in [7, 11) is 2.05. The second-order valence-corrected chi connectivity index (χ2v) is 5.52. The average Bonchev–Trinajstić information content (AvgIpc) is 2.81. The lowest BCUT2D eigenvalue weighted by Gasteiger charge is -2.37. The van der Waals surface area contributed by atoms with Gasteiger partial charge >= 0.3 is 0 Å². The minimum absolute atomic E-state index is 0.0962. The number of benzene rings is 1. The molecule has 2 atom stereocenters. The van der Waals surface area contributed by atoms with Crippen LogP contribution in [0.1, 0.15) is 36.4 Å². The fourth-order valence-corrected chi connectivity index (χ4v) is 3.47. The highest BCUT2D eigenvalue weighted by Gasteiger charge is 2.31. The van der Waals surface area contributed by atoms with Crippen LogP contribution < -0.4 is 5.32 Å². The second-order valence-electron chi connectivity index (χ2n) is 5.52. The van der Waals surface area contributed by atoms with Crippen LogP contribution in [0.5, 0.6) is 0 Å². The van der Waals surface area contributed by atoms with Gasteiger partial charge in [0, 0.05) is 18.6 Å². The summed E-state index contributed by atoms with van der Waals surface area (Å²) in [4.78, 5) is 2.58. The number of halogens is 1. The first-order valence-corrected chi connectivity index (χ1v) is 6.97. The lowest BCUT2D eigenvalue weighted by atomic mass is 10.0. The summed E-state index contributed by atoms with van der Waals surface area (Å²) in [5.74, 6) is -0.0962. The standard InChI is InChI=1S/C15H21FN2/c1-17-13-3-2-8-18(10-13)15-7-4-11-9-12(16)5-6-14(11)15/h5-6,9,13,15,17H,2-4,7-8,10H2,1H3. The zero-order valence-corrected chi connectivity index (χ0v) is 11.0. The zero-order chi connectivity index (χ0) is 12.5. The number of likely N-dealkylation sites (N-methyl/N-ethyl adjacent to an activating group) is 1. The van der Waals surface area contributed by atoms with E-state index in [-0.39, 0.29) is 5.82 Å². The van der Waals surface area contributed by atoms with Crippen molar-refractivity contribution < 1.29 is 4.39 Å². The van der Waals surface area contributed by atoms with E-state index in [9.17, 15) is 4.39 Å². The fraction of sp³-hybridized carbons (Fsp3) is 0.600. The number of aryl methyl sites for hydroxylation is 1. The molecule has 1 aromatic carbocycles. The number of piperidine rings is 1. The van der Waals surface area contributed by atoms with Gasteiger partial charge in [-0.3, -0.25) is 4.90 Å². The Bertz CT molecular complexity index is 433. The van der Waals surface area contributed by atoms with Crippen LogP contribution in [-0.4, -0.2) is 31.1 Å². The molecule has 2 nitrogen and oxygen atoms in total. The van der Waals surface area contributed by atoms with Gasteiger partial charge in [-0.2, -0.15) is 0 Å². The van der Waals surface area contributed by atoms with Crippen molar-refractivity contribution in [2.45, 2.75) is 37.8 Å². The Morgan fingerprint density at radius 3 is 3.06 bits per heavy atom. The summed E-state index contributed by atoms with van der Waals surface area (Å²) in [5.41, 5.74) is 2.57. The highest BCUT2D eigenvalue weighted by Crippen LogP contribution is 2.37. The van der Waals surface area contributed by atoms with Gasteiger partial charge in [0.15, 0.2) is 0 Å². The molecule has 1 saturated heterocycles. The molecule has 98 valence electrons. The molecule has 3 heteroatoms. The summed E-state index contributed by atoms with van der Waals surface area (Å²) in [6.45, 7) is 2.30. The summed E-state index contributed by atoms with van der Waals surface area (Å²) in [6.07, 6.45) is 4.71. The normalized spacial score (nSPS) is 28.3. The molecule has 18 heavy (non-hydrogen) atoms. The van der Waals surface area contributed by atoms with Gasteiger partial charge in [-0.05, 0) is 62.5 Å². The molecule has 0 amide bonds. The van der Waals surface area contributed by atoms with Crippen LogP contribution in [0.3, 0.4) is 0 Å². The van der Waals surface area contributed by atoms with Gasteiger partial charge in [-0.25, -0.2) is 4.39 Å². The maximum absolute atomic E-state index is 13.2. The van der Waals surface area contributed by atoms with Crippen molar-refractivity contribution >= 4 is 0 Å². The van der Waals surface area contributed by atoms with Crippen LogP contribution in [0.2, 0.25) is 0 Å². The first-order chi connectivity index (χ1) is 8.78. The van der Waals surface area contributed by atoms with E-state index in [1.54, 1.807) is 12.1 Å². The Morgan fingerprint density at radius 1 is 1.33 bits per heavy atom. The minimum atomic E-state index is -0.0962. The number of nitrogens with zero attached hydrogens (tertiary/aromatic N) is 1. The highest BCUT2D eigenvalue weighted by atomic mass is 19.1. The van der Waals surface area contributed by atoms with Gasteiger partial charge in [0.25, 0.3) is 0 Å². The largest absolute Gasteiger partial charge is 0.316 e. The monoisotopic (exact) mass is 248 g/mol. The van der Waals surface area contributed by atoms with E-state index in [0.717, 1.165) is 19.4 Å². The van der Waals surface area contributed by atoms with Crippen LogP contribution >= 0.6 is 0 Å². The van der Waals surface area contributed by atoms with Crippen molar-refractivity contribution in [1.29, 1.82) is 0 Å². The Labute approximate surface area is 108 Å². The molecule has 0 radical (unpaired) electrons. The fourth-order valence-electron chi connectivity index (χ4n) is 3.47. The topological polar surface area (TPSA) is 15.3 Å². The zero-order valence-electron chi connectivity index (χ0n) is 11.0. The van der Waals surface area contributed by atoms with E-state index < -0.39 is 0 Å². The number of hydrogen-bond donors (Lipinski definition) is 1. The molecule has 1 N–H and O–H groups in total. The van der Waals surface area contributed by atoms with Gasteiger partial charge in [0.1, 0.15) is 5.82 Å². The maximum Gasteiger partial charge on any atom is 0.123 e. The molecular weight excluding hydrogens is 227 g/mol. The van der Waals surface area contributed by atoms with Crippen LogP contribution in [0, 0.1) is 5.82 Å². The summed E-state index contributed by atoms with van der Waals surface area (Å²) >= 11 is 0. The Morgan fingerprint density at radius 2 is 2.22 bits per heavy atom. The molecule has 2 unspecified atom stereocenters. The number of likely N-dealkylation sites (tertiary alicyclic amines) is 1. The quantitative estimate of drug-likeness (QED) is 0.865. The smallest absolute Gasteiger partial charge is 0.123 e. The highest BCUT2D eigenvalue weighted by molar-refractivity contribution is 5.35. The molecule has 3 rings (SSSR count). The molecule has 1 fully saturated rings. The summed E-state index contributed by atoms with van der Waals surface area (Å²) < 4.78 is 13.2. The first-order valence-electron chi connectivity index (χ1n) is 6.97. The molecule has 0 saturated carbocycles. The predicted octanol–water partition coefficient (Wildman–Crippen LogP) is 2.50. The van der Waals surface area contributed by atoms with Gasteiger partial charge in [0.2, 0.25) is 0 Å². The van der Waals surface area contributed by atoms with Gasteiger partial charge in [-0.15, -0.1) is 0 Å². The lowest BCUT2D eigenvalue weighted by Crippen LogP contribution is -2.45. The molecule has 1 aliphatic carbocycles. The first kappa shape index (κ1) is 12.1. The molecule has 0 aromatic heterocycles. The Hall–Kier alpha value is -0.930. The van der Waals surface area contributed by atoms with Gasteiger partial charge in [0.05, 0.1) is 0 Å². The molecule has 1 heterocycles. The molecule has 2 aliphatic rings. The second kappa shape index (κ2) is 4.98. The number of fused-ring (bicyclic) bond motifs is 1. The Kier molecular flexibility index (Phi) is 3.35. The van der Waals surface area contributed by atoms with Crippen molar-refractivity contribution in [2.24, 2.45) is 0 Å². The molecule has 1 aliphatic heterocycles. The van der Waals surface area contributed by atoms with Crippen LogP contribution in [0.25, 0.3) is 0 Å². The molecule has 1 aromatic rings. The molecular formula is C15H21FN2. The maximum atomic E-state index is 13.2. The van der Waals surface area contributed by atoms with E-state index in [1.807, 2.05) is 13.1 Å². The van der Waals surface area contributed by atoms with Gasteiger partial charge in [-0.1, -0.05) is 6.07 Å². The van der Waals surface area contributed by atoms with Crippen molar-refractivity contribution in [2.75, 3.05) is 20.1 Å². The van der Waals surface area contributed by atoms with Crippen LogP contribution in [0.15, 0.2) is 18.2 Å². The van der Waals surface area contributed by atoms with E-state index >= 15 is 0 Å². The summed E-state index contributed by atoms with van der Waals surface area (Å²) in [6, 6.07) is 6.44. The predicted molar refractivity (Wildman–Crippen MR) is 71.1 cm³/mol. The van der Waals surface area contributed by atoms with Crippen LogP contribution in [0.4, 0.5) is 4.39 Å². The Balaban J connectivity index is 1.79. The third-order valence-corrected chi connectivity index (χ3v) is 4.45. The average molecular weight is 248 g/mol. The number of rotatable bonds is 2. The lowest BCUT2D eigenvalue weighted by molar-refractivity contribution is 0.139. The van der Waals surface area contributed by atoms with E-state index in [1.165, 1.54) is 30.5 Å².